The smallest absolute Gasteiger partial charge is 0.308 e. The first kappa shape index (κ1) is 8.97. The Morgan fingerprint density at radius 1 is 1.38 bits per heavy atom. The summed E-state index contributed by atoms with van der Waals surface area (Å²) in [5, 5.41) is 8.82. The molecule has 1 spiro atoms. The molecule has 4 nitrogen and oxygen atoms in total. The van der Waals surface area contributed by atoms with Gasteiger partial charge in [0.2, 0.25) is 0 Å². The molecular weight excluding hydrogens is 172 g/mol. The Labute approximate surface area is 76.8 Å². The third kappa shape index (κ3) is 1.69. The zero-order valence-corrected chi connectivity index (χ0v) is 7.49. The van der Waals surface area contributed by atoms with Crippen LogP contribution in [0.5, 0.6) is 0 Å². The largest absolute Gasteiger partial charge is 0.481 e. The number of hydrogen-bond donors (Lipinski definition) is 1. The maximum absolute atomic E-state index is 10.7. The molecule has 1 unspecified atom stereocenters. The van der Waals surface area contributed by atoms with Gasteiger partial charge in [-0.05, 0) is 19.3 Å². The first-order valence-electron chi connectivity index (χ1n) is 4.66. The Balaban J connectivity index is 1.98. The molecule has 0 aromatic carbocycles. The number of hydrogen-bond acceptors (Lipinski definition) is 3. The lowest BCUT2D eigenvalue weighted by molar-refractivity contribution is -0.141. The van der Waals surface area contributed by atoms with Gasteiger partial charge >= 0.3 is 5.97 Å². The van der Waals surface area contributed by atoms with Crippen molar-refractivity contribution in [3.63, 3.8) is 0 Å². The molecule has 2 heterocycles. The van der Waals surface area contributed by atoms with Gasteiger partial charge in [0.1, 0.15) is 0 Å². The fraction of sp³-hybridized carbons (Fsp3) is 0.889. The van der Waals surface area contributed by atoms with E-state index in [0.717, 1.165) is 12.8 Å². The SMILES string of the molecule is O=C(O)C1COC2(CCOCC2)C1. The molecule has 0 aromatic rings. The van der Waals surface area contributed by atoms with Gasteiger partial charge in [-0.1, -0.05) is 0 Å². The Morgan fingerprint density at radius 3 is 2.62 bits per heavy atom. The van der Waals surface area contributed by atoms with Crippen LogP contribution in [0.25, 0.3) is 0 Å². The van der Waals surface area contributed by atoms with E-state index in [1.165, 1.54) is 0 Å². The van der Waals surface area contributed by atoms with E-state index < -0.39 is 5.97 Å². The molecule has 0 radical (unpaired) electrons. The second kappa shape index (κ2) is 3.27. The molecule has 1 atom stereocenters. The third-order valence-electron chi connectivity index (χ3n) is 2.96. The van der Waals surface area contributed by atoms with Crippen molar-refractivity contribution in [2.45, 2.75) is 24.9 Å². The van der Waals surface area contributed by atoms with Gasteiger partial charge in [0.15, 0.2) is 0 Å². The molecular formula is C9H14O4. The van der Waals surface area contributed by atoms with Crippen molar-refractivity contribution in [3.05, 3.63) is 0 Å². The predicted octanol–water partition coefficient (Wildman–Crippen LogP) is 0.657. The van der Waals surface area contributed by atoms with Crippen LogP contribution in [0.15, 0.2) is 0 Å². The fourth-order valence-electron chi connectivity index (χ4n) is 2.09. The summed E-state index contributed by atoms with van der Waals surface area (Å²) >= 11 is 0. The van der Waals surface area contributed by atoms with E-state index in [1.807, 2.05) is 0 Å². The molecule has 0 amide bonds. The van der Waals surface area contributed by atoms with Crippen molar-refractivity contribution >= 4 is 5.97 Å². The van der Waals surface area contributed by atoms with E-state index in [1.54, 1.807) is 0 Å². The van der Waals surface area contributed by atoms with E-state index in [0.29, 0.717) is 26.2 Å². The molecule has 74 valence electrons. The normalized spacial score (nSPS) is 32.2. The lowest BCUT2D eigenvalue weighted by Crippen LogP contribution is -2.35. The molecule has 2 rings (SSSR count). The lowest BCUT2D eigenvalue weighted by Gasteiger charge is -2.32. The first-order chi connectivity index (χ1) is 6.22. The summed E-state index contributed by atoms with van der Waals surface area (Å²) in [6.07, 6.45) is 2.35. The zero-order valence-electron chi connectivity index (χ0n) is 7.49. The average Bonchev–Trinajstić information content (AvgIpc) is 2.51. The highest BCUT2D eigenvalue weighted by Gasteiger charge is 2.43. The number of ether oxygens (including phenoxy) is 2. The number of aliphatic carboxylic acids is 1. The lowest BCUT2D eigenvalue weighted by atomic mass is 9.87. The molecule has 1 N–H and O–H groups in total. The van der Waals surface area contributed by atoms with Gasteiger partial charge in [-0.3, -0.25) is 4.79 Å². The van der Waals surface area contributed by atoms with Crippen LogP contribution in [0, 0.1) is 5.92 Å². The van der Waals surface area contributed by atoms with E-state index in [4.69, 9.17) is 14.6 Å². The highest BCUT2D eigenvalue weighted by Crippen LogP contribution is 2.37. The van der Waals surface area contributed by atoms with E-state index >= 15 is 0 Å². The number of carboxylic acid groups (broad SMARTS) is 1. The number of rotatable bonds is 1. The second-order valence-corrected chi connectivity index (χ2v) is 3.85. The quantitative estimate of drug-likeness (QED) is 0.653. The maximum atomic E-state index is 10.7. The van der Waals surface area contributed by atoms with Crippen LogP contribution in [0.1, 0.15) is 19.3 Å². The Kier molecular flexibility index (Phi) is 2.26. The first-order valence-corrected chi connectivity index (χ1v) is 4.66. The average molecular weight is 186 g/mol. The Hall–Kier alpha value is -0.610. The summed E-state index contributed by atoms with van der Waals surface area (Å²) in [5.41, 5.74) is -0.179. The summed E-state index contributed by atoms with van der Waals surface area (Å²) < 4.78 is 10.8. The summed E-state index contributed by atoms with van der Waals surface area (Å²) in [6.45, 7) is 1.77. The molecule has 2 aliphatic heterocycles. The molecule has 4 heteroatoms. The van der Waals surface area contributed by atoms with Crippen molar-refractivity contribution in [1.82, 2.24) is 0 Å². The van der Waals surface area contributed by atoms with Crippen LogP contribution >= 0.6 is 0 Å². The number of carboxylic acids is 1. The Morgan fingerprint density at radius 2 is 2.08 bits per heavy atom. The Bertz CT molecular complexity index is 208. The van der Waals surface area contributed by atoms with Gasteiger partial charge in [0.25, 0.3) is 0 Å². The highest BCUT2D eigenvalue weighted by molar-refractivity contribution is 5.70. The number of carbonyl (C=O) groups is 1. The topological polar surface area (TPSA) is 55.8 Å². The van der Waals surface area contributed by atoms with Crippen LogP contribution in [0.4, 0.5) is 0 Å². The maximum Gasteiger partial charge on any atom is 0.308 e. The van der Waals surface area contributed by atoms with Crippen molar-refractivity contribution in [2.75, 3.05) is 19.8 Å². The molecule has 2 aliphatic rings. The van der Waals surface area contributed by atoms with E-state index in [2.05, 4.69) is 0 Å². The van der Waals surface area contributed by atoms with Crippen molar-refractivity contribution in [2.24, 2.45) is 5.92 Å². The van der Waals surface area contributed by atoms with Crippen LogP contribution < -0.4 is 0 Å². The fourth-order valence-corrected chi connectivity index (χ4v) is 2.09. The van der Waals surface area contributed by atoms with E-state index in [-0.39, 0.29) is 11.5 Å². The summed E-state index contributed by atoms with van der Waals surface area (Å²) in [6, 6.07) is 0. The van der Waals surface area contributed by atoms with Gasteiger partial charge in [0.05, 0.1) is 18.1 Å². The molecule has 0 aromatic heterocycles. The van der Waals surface area contributed by atoms with Crippen LogP contribution in [-0.4, -0.2) is 36.5 Å². The highest BCUT2D eigenvalue weighted by atomic mass is 16.5. The van der Waals surface area contributed by atoms with Gasteiger partial charge in [-0.15, -0.1) is 0 Å². The summed E-state index contributed by atoms with van der Waals surface area (Å²) in [5.74, 6) is -1.04. The predicted molar refractivity (Wildman–Crippen MR) is 44.5 cm³/mol. The third-order valence-corrected chi connectivity index (χ3v) is 2.96. The molecule has 13 heavy (non-hydrogen) atoms. The monoisotopic (exact) mass is 186 g/mol. The van der Waals surface area contributed by atoms with Gasteiger partial charge < -0.3 is 14.6 Å². The van der Waals surface area contributed by atoms with Crippen LogP contribution in [0.2, 0.25) is 0 Å². The van der Waals surface area contributed by atoms with Crippen molar-refractivity contribution < 1.29 is 19.4 Å². The molecule has 2 saturated heterocycles. The van der Waals surface area contributed by atoms with Gasteiger partial charge in [-0.25, -0.2) is 0 Å². The minimum absolute atomic E-state index is 0.179. The molecule has 0 bridgehead atoms. The summed E-state index contributed by atoms with van der Waals surface area (Å²) in [4.78, 5) is 10.7. The minimum Gasteiger partial charge on any atom is -0.481 e. The minimum atomic E-state index is -0.733. The second-order valence-electron chi connectivity index (χ2n) is 3.85. The van der Waals surface area contributed by atoms with E-state index in [9.17, 15) is 4.79 Å². The molecule has 2 fully saturated rings. The van der Waals surface area contributed by atoms with Crippen molar-refractivity contribution in [3.8, 4) is 0 Å². The van der Waals surface area contributed by atoms with Crippen molar-refractivity contribution in [1.29, 1.82) is 0 Å². The molecule has 0 saturated carbocycles. The zero-order chi connectivity index (χ0) is 9.31. The van der Waals surface area contributed by atoms with Gasteiger partial charge in [0, 0.05) is 13.2 Å². The van der Waals surface area contributed by atoms with Gasteiger partial charge in [-0.2, -0.15) is 0 Å². The molecule has 0 aliphatic carbocycles. The standard InChI is InChI=1S/C9H14O4/c10-8(11)7-5-9(13-6-7)1-3-12-4-2-9/h7H,1-6H2,(H,10,11). The van der Waals surface area contributed by atoms with Crippen LogP contribution in [-0.2, 0) is 14.3 Å². The summed E-state index contributed by atoms with van der Waals surface area (Å²) in [7, 11) is 0. The van der Waals surface area contributed by atoms with Crippen LogP contribution in [0.3, 0.4) is 0 Å².